The number of H-pyrrole nitrogens is 1. The molecule has 0 atom stereocenters. The number of benzene rings is 5. The molecular weight excluding hydrogens is 868 g/mol. The van der Waals surface area contributed by atoms with Gasteiger partial charge in [0.2, 0.25) is 20.0 Å². The van der Waals surface area contributed by atoms with E-state index in [0.29, 0.717) is 10.8 Å². The number of aryl methyl sites for hydroxylation is 1. The number of hydrogen-bond donors (Lipinski definition) is 6. The van der Waals surface area contributed by atoms with Gasteiger partial charge in [-0.3, -0.25) is 34.8 Å². The topological polar surface area (TPSA) is 345 Å². The van der Waals surface area contributed by atoms with Crippen molar-refractivity contribution >= 4 is 70.6 Å². The van der Waals surface area contributed by atoms with Crippen molar-refractivity contribution in [1.82, 2.24) is 9.78 Å². The van der Waals surface area contributed by atoms with Crippen molar-refractivity contribution in [3.05, 3.63) is 127 Å². The molecule has 0 spiro atoms. The minimum Gasteiger partial charge on any atom is -0.871 e. The minimum atomic E-state index is -3.97. The fourth-order valence-corrected chi connectivity index (χ4v) is 6.16. The van der Waals surface area contributed by atoms with E-state index >= 15 is 0 Å². The van der Waals surface area contributed by atoms with Gasteiger partial charge in [0.1, 0.15) is 5.75 Å². The van der Waals surface area contributed by atoms with E-state index in [1.807, 2.05) is 0 Å². The van der Waals surface area contributed by atoms with Crippen molar-refractivity contribution in [2.75, 3.05) is 11.0 Å². The largest absolute Gasteiger partial charge is 1.00 e. The number of nitrogens with two attached hydrogens (primary N) is 1. The Bertz CT molecular complexity index is 2940. The van der Waals surface area contributed by atoms with E-state index in [1.165, 1.54) is 43.3 Å². The second-order valence-electron chi connectivity index (χ2n) is 11.8. The zero-order valence-electron chi connectivity index (χ0n) is 30.6. The molecule has 0 aliphatic carbocycles. The fraction of sp³-hybridized carbons (Fsp3) is 0.0606. The van der Waals surface area contributed by atoms with E-state index < -0.39 is 41.2 Å². The summed E-state index contributed by atoms with van der Waals surface area (Å²) in [6.45, 7) is 1.52. The molecule has 0 saturated carbocycles. The molecule has 0 bridgehead atoms. The van der Waals surface area contributed by atoms with Gasteiger partial charge in [0.15, 0.2) is 17.1 Å². The maximum Gasteiger partial charge on any atom is 1.00 e. The maximum absolute atomic E-state index is 12.6. The number of nitrogens with zero attached hydrogens (tertiary/aromatic N) is 6. The van der Waals surface area contributed by atoms with E-state index in [4.69, 9.17) is 5.14 Å². The molecule has 0 saturated heterocycles. The van der Waals surface area contributed by atoms with E-state index in [2.05, 4.69) is 30.3 Å². The van der Waals surface area contributed by atoms with Gasteiger partial charge in [0, 0.05) is 40.7 Å². The molecule has 6 aromatic rings. The van der Waals surface area contributed by atoms with Gasteiger partial charge in [-0.15, -0.1) is 5.11 Å². The summed E-state index contributed by atoms with van der Waals surface area (Å²) < 4.78 is 49.7. The Balaban J connectivity index is 0.000000305. The summed E-state index contributed by atoms with van der Waals surface area (Å²) in [6.07, 6.45) is 0.993. The Morgan fingerprint density at radius 3 is 2.08 bits per heavy atom. The zero-order valence-corrected chi connectivity index (χ0v) is 35.5. The Morgan fingerprint density at radius 2 is 1.46 bits per heavy atom. The van der Waals surface area contributed by atoms with Crippen molar-refractivity contribution in [3.8, 4) is 22.9 Å². The summed E-state index contributed by atoms with van der Waals surface area (Å²) >= 11 is 0. The monoisotopic (exact) mass is 895 g/mol. The average molecular weight is 896 g/mol. The van der Waals surface area contributed by atoms with Crippen molar-refractivity contribution in [2.24, 2.45) is 20.5 Å². The predicted octanol–water partition coefficient (Wildman–Crippen LogP) is 0.547. The molecule has 59 heavy (non-hydrogen) atoms. The van der Waals surface area contributed by atoms with E-state index in [0.717, 1.165) is 47.3 Å². The van der Waals surface area contributed by atoms with Gasteiger partial charge in [0.25, 0.3) is 22.6 Å². The Kier molecular flexibility index (Phi) is 15.4. The fourth-order valence-electron chi connectivity index (χ4n) is 5.04. The number of non-ortho nitro benzene ring substituents is 2. The number of rotatable bonds is 10. The summed E-state index contributed by atoms with van der Waals surface area (Å²) in [4.78, 5) is 32.9. The molecule has 300 valence electrons. The third-order valence-corrected chi connectivity index (χ3v) is 9.13. The van der Waals surface area contributed by atoms with Gasteiger partial charge < -0.3 is 15.3 Å². The van der Waals surface area contributed by atoms with Crippen LogP contribution in [-0.2, 0) is 37.4 Å². The van der Waals surface area contributed by atoms with Crippen LogP contribution in [0, 0.1) is 27.2 Å². The number of nitro benzene ring substituents is 2. The summed E-state index contributed by atoms with van der Waals surface area (Å²) in [7, 11) is -7.56. The quantitative estimate of drug-likeness (QED) is 0.0361. The number of nitro groups is 2. The van der Waals surface area contributed by atoms with Crippen LogP contribution in [0.15, 0.2) is 116 Å². The van der Waals surface area contributed by atoms with Crippen LogP contribution in [0.2, 0.25) is 0 Å². The molecule has 26 heteroatoms. The molecule has 0 aliphatic rings. The summed E-state index contributed by atoms with van der Waals surface area (Å²) in [5.74, 6) is -1.15. The number of sulfonamides is 2. The average Bonchev–Trinajstić information content (AvgIpc) is 3.42. The van der Waals surface area contributed by atoms with Crippen LogP contribution < -0.4 is 55.2 Å². The molecule has 0 aliphatic heterocycles. The first-order valence-electron chi connectivity index (χ1n) is 15.7. The third kappa shape index (κ3) is 11.6. The molecule has 1 heterocycles. The van der Waals surface area contributed by atoms with Crippen LogP contribution in [0.1, 0.15) is 5.69 Å². The first-order valence-corrected chi connectivity index (χ1v) is 19.2. The van der Waals surface area contributed by atoms with Gasteiger partial charge in [-0.1, -0.05) is 41.2 Å². The van der Waals surface area contributed by atoms with Crippen LogP contribution in [0.5, 0.6) is 17.2 Å². The second-order valence-corrected chi connectivity index (χ2v) is 15.1. The number of phenols is 2. The van der Waals surface area contributed by atoms with Gasteiger partial charge in [-0.05, 0) is 48.7 Å². The Hall–Kier alpha value is -6.04. The number of primary sulfonamides is 1. The smallest absolute Gasteiger partial charge is 0.871 e. The van der Waals surface area contributed by atoms with Crippen LogP contribution in [0.25, 0.3) is 16.5 Å². The second kappa shape index (κ2) is 19.1. The molecule has 0 radical (unpaired) electrons. The normalized spacial score (nSPS) is 11.4. The van der Waals surface area contributed by atoms with E-state index in [1.54, 1.807) is 18.2 Å². The Labute approximate surface area is 365 Å². The van der Waals surface area contributed by atoms with Gasteiger partial charge >= 0.3 is 29.6 Å². The summed E-state index contributed by atoms with van der Waals surface area (Å²) in [5, 5.41) is 76.3. The summed E-state index contributed by atoms with van der Waals surface area (Å²) in [5.41, 5.74) is -1.15. The molecule has 0 amide bonds. The predicted molar refractivity (Wildman–Crippen MR) is 201 cm³/mol. The maximum atomic E-state index is 12.6. The molecule has 1 aromatic heterocycles. The van der Waals surface area contributed by atoms with Gasteiger partial charge in [-0.25, -0.2) is 26.7 Å². The number of aromatic amines is 1. The molecule has 6 rings (SSSR count). The Morgan fingerprint density at radius 1 is 0.847 bits per heavy atom. The molecule has 0 fully saturated rings. The molecule has 7 N–H and O–H groups in total. The first kappa shape index (κ1) is 47.3. The number of fused-ring (bicyclic) bond motifs is 1. The standard InChI is InChI=1S/C17H14N4O6S.C16H14N6O6S.Cr.Na/c1-28(26,27)20-12-4-2-3-10-5-7-15(23)17(16(10)12)19-18-13-9-11(21(24)25)6-8-14(13)22;1-9-15(19-18-13-8-11(22(25)26)5-6-14(13)23)16(24)21(20-9)10-3-2-4-12(7-10)29(17,27)28;;/h2-9,20,22-23H,1H3;2-8,20,23H,1H3,(H2,17,27,28);;/q;;;+1. The number of anilines is 1. The molecule has 0 unspecified atom stereocenters. The number of azo groups is 2. The van der Waals surface area contributed by atoms with Gasteiger partial charge in [-0.2, -0.15) is 5.11 Å². The van der Waals surface area contributed by atoms with E-state index in [-0.39, 0.29) is 115 Å². The third-order valence-electron chi connectivity index (χ3n) is 7.63. The molecule has 22 nitrogen and oxygen atoms in total. The van der Waals surface area contributed by atoms with Crippen LogP contribution in [-0.4, -0.2) is 52.9 Å². The van der Waals surface area contributed by atoms with Crippen molar-refractivity contribution in [1.29, 1.82) is 0 Å². The van der Waals surface area contributed by atoms with Crippen molar-refractivity contribution < 1.29 is 94.0 Å². The zero-order chi connectivity index (χ0) is 41.8. The van der Waals surface area contributed by atoms with Crippen molar-refractivity contribution in [3.63, 3.8) is 0 Å². The van der Waals surface area contributed by atoms with Crippen molar-refractivity contribution in [2.45, 2.75) is 11.8 Å². The summed E-state index contributed by atoms with van der Waals surface area (Å²) in [6, 6.07) is 19.5. The van der Waals surface area contributed by atoms with Crippen LogP contribution in [0.3, 0.4) is 0 Å². The first-order chi connectivity index (χ1) is 26.7. The number of phenolic OH excluding ortho intramolecular Hbond substituents is 2. The minimum absolute atomic E-state index is 0. The molecular formula is C33H28CrN10NaO12S2+. The van der Waals surface area contributed by atoms with Crippen LogP contribution >= 0.6 is 0 Å². The molecule has 5 aromatic carbocycles. The van der Waals surface area contributed by atoms with Crippen LogP contribution in [0.4, 0.5) is 39.8 Å². The number of nitrogens with one attached hydrogen (secondary N) is 3. The number of aromatic hydroxyl groups is 2. The van der Waals surface area contributed by atoms with E-state index in [9.17, 15) is 57.2 Å². The number of hydrogen-bond acceptors (Lipinski definition) is 15. The SMILES string of the molecule is CS(=O)(=O)Nc1cccc2ccc(O)c([NH+]=Nc3cc([N+](=O)[O-])ccc3O)c12.Cc1[nH]n(-c2cccc(S(N)(=O)=O)c2)c(=O)c1N=Nc1cc([N+](=O)[O-])ccc1[O-].[Cr].[Na+]. The van der Waals surface area contributed by atoms with Gasteiger partial charge in [0.05, 0.1) is 55.2 Å². The number of aromatic nitrogens is 2.